The predicted octanol–water partition coefficient (Wildman–Crippen LogP) is 3.91. The molecule has 0 amide bonds. The van der Waals surface area contributed by atoms with E-state index in [1.54, 1.807) is 31.4 Å². The van der Waals surface area contributed by atoms with Crippen LogP contribution in [0.1, 0.15) is 15.4 Å². The van der Waals surface area contributed by atoms with Crippen LogP contribution in [-0.4, -0.2) is 34.5 Å². The van der Waals surface area contributed by atoms with Crippen molar-refractivity contribution in [3.8, 4) is 28.5 Å². The molecule has 0 unspecified atom stereocenters. The van der Waals surface area contributed by atoms with Crippen LogP contribution in [0.4, 0.5) is 5.82 Å². The van der Waals surface area contributed by atoms with E-state index in [9.17, 15) is 0 Å². The number of aromatic nitrogens is 7. The Labute approximate surface area is 187 Å². The van der Waals surface area contributed by atoms with Crippen molar-refractivity contribution in [1.82, 2.24) is 34.5 Å². The van der Waals surface area contributed by atoms with E-state index in [4.69, 9.17) is 31.4 Å². The van der Waals surface area contributed by atoms with E-state index in [1.807, 2.05) is 34.9 Å². The van der Waals surface area contributed by atoms with E-state index in [-0.39, 0.29) is 11.4 Å². The summed E-state index contributed by atoms with van der Waals surface area (Å²) in [7, 11) is 1.57. The van der Waals surface area contributed by atoms with Gasteiger partial charge in [-0.15, -0.1) is 11.6 Å². The summed E-state index contributed by atoms with van der Waals surface area (Å²) in [4.78, 5) is 15.0. The van der Waals surface area contributed by atoms with Gasteiger partial charge in [0.25, 0.3) is 0 Å². The maximum Gasteiger partial charge on any atom is 0.165 e. The molecule has 0 atom stereocenters. The molecule has 9 heteroatoms. The number of benzene rings is 1. The molecule has 2 N–H and O–H groups in total. The van der Waals surface area contributed by atoms with Crippen molar-refractivity contribution in [1.29, 1.82) is 0 Å². The third kappa shape index (κ3) is 3.30. The van der Waals surface area contributed by atoms with Gasteiger partial charge in [0.05, 0.1) is 17.0 Å². The molecule has 4 heterocycles. The van der Waals surface area contributed by atoms with Crippen LogP contribution in [0.5, 0.6) is 0 Å². The number of hydrogen-bond acceptors (Lipinski definition) is 6. The fraction of sp³-hybridized carbons (Fsp3) is 0.136. The number of nitrogen functional groups attached to an aromatic ring is 1. The van der Waals surface area contributed by atoms with Crippen LogP contribution >= 0.6 is 11.6 Å². The smallest absolute Gasteiger partial charge is 0.165 e. The van der Waals surface area contributed by atoms with Gasteiger partial charge in [-0.2, -0.15) is 15.0 Å². The highest BCUT2D eigenvalue weighted by Gasteiger charge is 2.19. The van der Waals surface area contributed by atoms with Crippen molar-refractivity contribution in [2.45, 2.75) is 12.7 Å². The minimum absolute atomic E-state index is 0.115. The minimum Gasteiger partial charge on any atom is -0.383 e. The van der Waals surface area contributed by atoms with Gasteiger partial charge in [-0.05, 0) is 48.8 Å². The molecule has 0 aliphatic rings. The van der Waals surface area contributed by atoms with Gasteiger partial charge in [0.1, 0.15) is 17.0 Å². The number of nitrogens with zero attached hydrogens (tertiary/aromatic N) is 7. The molecule has 0 radical (unpaired) electrons. The zero-order chi connectivity index (χ0) is 24.0. The second-order valence-corrected chi connectivity index (χ2v) is 7.20. The quantitative estimate of drug-likeness (QED) is 0.431. The van der Waals surface area contributed by atoms with E-state index in [0.29, 0.717) is 39.9 Å². The Morgan fingerprint density at radius 3 is 2.65 bits per heavy atom. The van der Waals surface area contributed by atoms with Crippen LogP contribution in [-0.2, 0) is 12.9 Å². The SMILES string of the molecule is [2H]C([2H])([2H])c1nn(C)nc1-c1ccc2nc(-c3cccnc3N)n(-c3ccc(CCl)cc3)c2n1. The number of fused-ring (bicyclic) bond motifs is 1. The number of nitrogens with two attached hydrogens (primary N) is 1. The summed E-state index contributed by atoms with van der Waals surface area (Å²) in [5, 5.41) is 8.31. The van der Waals surface area contributed by atoms with Gasteiger partial charge < -0.3 is 5.73 Å². The zero-order valence-electron chi connectivity index (χ0n) is 19.5. The summed E-state index contributed by atoms with van der Waals surface area (Å²) in [6, 6.07) is 14.8. The van der Waals surface area contributed by atoms with Crippen LogP contribution in [0, 0.1) is 6.85 Å². The van der Waals surface area contributed by atoms with Crippen LogP contribution in [0.25, 0.3) is 39.6 Å². The Kier molecular flexibility index (Phi) is 3.86. The molecule has 5 aromatic rings. The summed E-state index contributed by atoms with van der Waals surface area (Å²) < 4.78 is 25.4. The number of hydrogen-bond donors (Lipinski definition) is 1. The number of aryl methyl sites for hydroxylation is 2. The highest BCUT2D eigenvalue weighted by molar-refractivity contribution is 6.17. The Balaban J connectivity index is 1.79. The van der Waals surface area contributed by atoms with E-state index in [1.165, 1.54) is 4.80 Å². The van der Waals surface area contributed by atoms with Crippen molar-refractivity contribution in [3.63, 3.8) is 0 Å². The second-order valence-electron chi connectivity index (χ2n) is 6.93. The third-order valence-electron chi connectivity index (χ3n) is 4.89. The summed E-state index contributed by atoms with van der Waals surface area (Å²) >= 11 is 5.97. The van der Waals surface area contributed by atoms with Gasteiger partial charge in [0, 0.05) is 28.9 Å². The standard InChI is InChI=1S/C22H19ClN8/c1-13-19(29-30(2)28-13)17-9-10-18-22(26-17)31(15-7-5-14(12-23)6-8-15)21(27-18)16-4-3-11-25-20(16)24/h3-11H,12H2,1-2H3,(H2,24,25)/i1D3. The number of alkyl halides is 1. The van der Waals surface area contributed by atoms with Gasteiger partial charge in [0.2, 0.25) is 0 Å². The first-order valence-corrected chi connectivity index (χ1v) is 9.97. The fourth-order valence-electron chi connectivity index (χ4n) is 3.43. The van der Waals surface area contributed by atoms with E-state index < -0.39 is 6.85 Å². The molecule has 154 valence electrons. The van der Waals surface area contributed by atoms with E-state index >= 15 is 0 Å². The highest BCUT2D eigenvalue weighted by Crippen LogP contribution is 2.31. The maximum absolute atomic E-state index is 7.84. The number of rotatable bonds is 4. The van der Waals surface area contributed by atoms with Gasteiger partial charge in [-0.1, -0.05) is 12.1 Å². The van der Waals surface area contributed by atoms with Gasteiger partial charge in [0.15, 0.2) is 11.5 Å². The first-order valence-electron chi connectivity index (χ1n) is 10.9. The Morgan fingerprint density at radius 2 is 1.90 bits per heavy atom. The molecule has 0 aliphatic heterocycles. The predicted molar refractivity (Wildman–Crippen MR) is 121 cm³/mol. The van der Waals surface area contributed by atoms with Crippen molar-refractivity contribution >= 4 is 28.6 Å². The molecule has 5 rings (SSSR count). The number of imidazole rings is 1. The van der Waals surface area contributed by atoms with Crippen molar-refractivity contribution < 1.29 is 4.11 Å². The molecule has 0 saturated heterocycles. The van der Waals surface area contributed by atoms with Crippen LogP contribution in [0.2, 0.25) is 0 Å². The third-order valence-corrected chi connectivity index (χ3v) is 5.20. The van der Waals surface area contributed by atoms with Crippen molar-refractivity contribution in [2.75, 3.05) is 5.73 Å². The Hall–Kier alpha value is -3.78. The lowest BCUT2D eigenvalue weighted by Crippen LogP contribution is -2.02. The highest BCUT2D eigenvalue weighted by atomic mass is 35.5. The normalized spacial score (nSPS) is 13.2. The lowest BCUT2D eigenvalue weighted by molar-refractivity contribution is 0.650. The van der Waals surface area contributed by atoms with Gasteiger partial charge >= 0.3 is 0 Å². The first-order chi connectivity index (χ1) is 16.3. The summed E-state index contributed by atoms with van der Waals surface area (Å²) in [5.41, 5.74) is 10.1. The lowest BCUT2D eigenvalue weighted by Gasteiger charge is -2.11. The minimum atomic E-state index is -2.44. The molecule has 0 aliphatic carbocycles. The van der Waals surface area contributed by atoms with Gasteiger partial charge in [-0.25, -0.2) is 15.0 Å². The Morgan fingerprint density at radius 1 is 1.06 bits per heavy atom. The van der Waals surface area contributed by atoms with Crippen LogP contribution in [0.3, 0.4) is 0 Å². The maximum atomic E-state index is 7.84. The molecular formula is C22H19ClN8. The average Bonchev–Trinajstić information content (AvgIpc) is 3.39. The summed E-state index contributed by atoms with van der Waals surface area (Å²) in [6.07, 6.45) is 1.61. The fourth-order valence-corrected chi connectivity index (χ4v) is 3.61. The second kappa shape index (κ2) is 7.48. The number of anilines is 1. The molecule has 8 nitrogen and oxygen atoms in total. The van der Waals surface area contributed by atoms with Gasteiger partial charge in [-0.3, -0.25) is 4.57 Å². The molecule has 31 heavy (non-hydrogen) atoms. The van der Waals surface area contributed by atoms with E-state index in [2.05, 4.69) is 15.2 Å². The van der Waals surface area contributed by atoms with E-state index in [0.717, 1.165) is 11.3 Å². The topological polar surface area (TPSA) is 100 Å². The molecule has 0 fully saturated rings. The largest absolute Gasteiger partial charge is 0.383 e. The average molecular weight is 434 g/mol. The first kappa shape index (κ1) is 16.0. The Bertz CT molecular complexity index is 1510. The van der Waals surface area contributed by atoms with Crippen LogP contribution < -0.4 is 5.73 Å². The molecular weight excluding hydrogens is 412 g/mol. The van der Waals surface area contributed by atoms with Crippen molar-refractivity contribution in [3.05, 3.63) is 66.0 Å². The molecule has 0 saturated carbocycles. The zero-order valence-corrected chi connectivity index (χ0v) is 17.2. The number of pyridine rings is 2. The van der Waals surface area contributed by atoms with Crippen molar-refractivity contribution in [2.24, 2.45) is 7.05 Å². The number of halogens is 1. The van der Waals surface area contributed by atoms with Crippen LogP contribution in [0.15, 0.2) is 54.7 Å². The summed E-state index contributed by atoms with van der Waals surface area (Å²) in [6.45, 7) is -2.44. The molecule has 0 bridgehead atoms. The molecule has 1 aromatic carbocycles. The monoisotopic (exact) mass is 433 g/mol. The lowest BCUT2D eigenvalue weighted by atomic mass is 10.2. The molecule has 0 spiro atoms. The molecule has 4 aromatic heterocycles. The summed E-state index contributed by atoms with van der Waals surface area (Å²) in [5.74, 6) is 1.27.